The molecule has 1 aromatic heterocycles. The predicted molar refractivity (Wildman–Crippen MR) is 93.3 cm³/mol. The van der Waals surface area contributed by atoms with E-state index in [0.29, 0.717) is 18.3 Å². The summed E-state index contributed by atoms with van der Waals surface area (Å²) in [5, 5.41) is 3.94. The Kier molecular flexibility index (Phi) is 4.24. The number of ether oxygens (including phenoxy) is 1. The molecule has 5 heteroatoms. The fraction of sp³-hybridized carbons (Fsp3) is 0.500. The summed E-state index contributed by atoms with van der Waals surface area (Å²) in [7, 11) is 0. The molecule has 2 heterocycles. The van der Waals surface area contributed by atoms with Gasteiger partial charge >= 0.3 is 0 Å². The number of rotatable bonds is 4. The molecule has 1 amide bonds. The molecule has 1 aliphatic heterocycles. The standard InChI is InChI=1S/C20H24N2O3/c1-13-19(14(2)25-21-13)10-20(23)22-11-15-8-18(9-16(15)12-22)24-17-6-4-3-5-7-17/h3-7,15-16,18H,8-12H2,1-2H3/t15-,16+,18?. The van der Waals surface area contributed by atoms with Crippen molar-refractivity contribution in [1.29, 1.82) is 0 Å². The molecule has 1 saturated heterocycles. The average molecular weight is 340 g/mol. The molecule has 2 aliphatic rings. The van der Waals surface area contributed by atoms with Gasteiger partial charge in [-0.1, -0.05) is 23.4 Å². The van der Waals surface area contributed by atoms with Crippen molar-refractivity contribution in [2.24, 2.45) is 11.8 Å². The largest absolute Gasteiger partial charge is 0.490 e. The summed E-state index contributed by atoms with van der Waals surface area (Å²) in [6.45, 7) is 5.46. The lowest BCUT2D eigenvalue weighted by Gasteiger charge is -2.20. The maximum absolute atomic E-state index is 12.6. The van der Waals surface area contributed by atoms with Crippen molar-refractivity contribution in [3.05, 3.63) is 47.3 Å². The summed E-state index contributed by atoms with van der Waals surface area (Å²) in [4.78, 5) is 14.7. The second-order valence-electron chi connectivity index (χ2n) is 7.32. The van der Waals surface area contributed by atoms with Crippen LogP contribution in [0.5, 0.6) is 5.75 Å². The lowest BCUT2D eigenvalue weighted by molar-refractivity contribution is -0.129. The lowest BCUT2D eigenvalue weighted by atomic mass is 10.0. The Bertz CT molecular complexity index is 722. The van der Waals surface area contributed by atoms with E-state index in [1.54, 1.807) is 0 Å². The molecule has 0 radical (unpaired) electrons. The van der Waals surface area contributed by atoms with E-state index in [1.807, 2.05) is 49.1 Å². The van der Waals surface area contributed by atoms with Gasteiger partial charge in [-0.05, 0) is 50.7 Å². The highest BCUT2D eigenvalue weighted by molar-refractivity contribution is 5.79. The van der Waals surface area contributed by atoms with E-state index in [1.165, 1.54) is 0 Å². The first-order valence-electron chi connectivity index (χ1n) is 9.01. The first-order chi connectivity index (χ1) is 12.1. The molecule has 1 aromatic carbocycles. The van der Waals surface area contributed by atoms with E-state index in [0.717, 1.165) is 48.7 Å². The van der Waals surface area contributed by atoms with Crippen molar-refractivity contribution in [1.82, 2.24) is 10.1 Å². The molecule has 4 rings (SSSR count). The minimum absolute atomic E-state index is 0.185. The maximum Gasteiger partial charge on any atom is 0.227 e. The summed E-state index contributed by atoms with van der Waals surface area (Å²) in [6.07, 6.45) is 2.74. The Hall–Kier alpha value is -2.30. The normalized spacial score (nSPS) is 25.2. The van der Waals surface area contributed by atoms with Crippen molar-refractivity contribution in [3.8, 4) is 5.75 Å². The Morgan fingerprint density at radius 3 is 2.48 bits per heavy atom. The van der Waals surface area contributed by atoms with Crippen LogP contribution in [0.4, 0.5) is 0 Å². The van der Waals surface area contributed by atoms with Gasteiger partial charge in [0.1, 0.15) is 11.5 Å². The summed E-state index contributed by atoms with van der Waals surface area (Å²) in [5.41, 5.74) is 1.76. The fourth-order valence-electron chi connectivity index (χ4n) is 4.25. The highest BCUT2D eigenvalue weighted by Crippen LogP contribution is 2.40. The Balaban J connectivity index is 1.32. The van der Waals surface area contributed by atoms with Crippen LogP contribution in [-0.4, -0.2) is 35.2 Å². The molecule has 25 heavy (non-hydrogen) atoms. The molecule has 132 valence electrons. The van der Waals surface area contributed by atoms with Gasteiger partial charge in [-0.15, -0.1) is 0 Å². The van der Waals surface area contributed by atoms with Crippen LogP contribution in [0, 0.1) is 25.7 Å². The van der Waals surface area contributed by atoms with Gasteiger partial charge < -0.3 is 14.2 Å². The Morgan fingerprint density at radius 2 is 1.88 bits per heavy atom. The topological polar surface area (TPSA) is 55.6 Å². The number of aryl methyl sites for hydroxylation is 2. The molecule has 1 unspecified atom stereocenters. The van der Waals surface area contributed by atoms with Gasteiger partial charge in [0.05, 0.1) is 18.2 Å². The van der Waals surface area contributed by atoms with Crippen molar-refractivity contribution in [3.63, 3.8) is 0 Å². The molecule has 2 aromatic rings. The monoisotopic (exact) mass is 340 g/mol. The van der Waals surface area contributed by atoms with Gasteiger partial charge in [-0.25, -0.2) is 0 Å². The summed E-state index contributed by atoms with van der Waals surface area (Å²) in [5.74, 6) is 2.99. The minimum atomic E-state index is 0.185. The maximum atomic E-state index is 12.6. The van der Waals surface area contributed by atoms with E-state index in [2.05, 4.69) is 5.16 Å². The third-order valence-electron chi connectivity index (χ3n) is 5.62. The molecular formula is C20H24N2O3. The van der Waals surface area contributed by atoms with E-state index in [4.69, 9.17) is 9.26 Å². The van der Waals surface area contributed by atoms with Crippen LogP contribution in [0.2, 0.25) is 0 Å². The highest BCUT2D eigenvalue weighted by Gasteiger charge is 2.43. The van der Waals surface area contributed by atoms with Crippen LogP contribution >= 0.6 is 0 Å². The molecule has 1 saturated carbocycles. The van der Waals surface area contributed by atoms with E-state index in [9.17, 15) is 4.79 Å². The summed E-state index contributed by atoms with van der Waals surface area (Å²) < 4.78 is 11.3. The number of benzene rings is 1. The van der Waals surface area contributed by atoms with Gasteiger partial charge in [0.15, 0.2) is 0 Å². The number of likely N-dealkylation sites (tertiary alicyclic amines) is 1. The third kappa shape index (κ3) is 3.28. The first-order valence-corrected chi connectivity index (χ1v) is 9.01. The molecule has 1 aliphatic carbocycles. The lowest BCUT2D eigenvalue weighted by Crippen LogP contribution is -2.32. The van der Waals surface area contributed by atoms with E-state index >= 15 is 0 Å². The zero-order valence-corrected chi connectivity index (χ0v) is 14.8. The van der Waals surface area contributed by atoms with Crippen molar-refractivity contribution < 1.29 is 14.1 Å². The first kappa shape index (κ1) is 16.2. The van der Waals surface area contributed by atoms with Crippen LogP contribution in [0.3, 0.4) is 0 Å². The van der Waals surface area contributed by atoms with E-state index in [-0.39, 0.29) is 12.0 Å². The number of nitrogens with zero attached hydrogens (tertiary/aromatic N) is 2. The zero-order valence-electron chi connectivity index (χ0n) is 14.8. The van der Waals surface area contributed by atoms with Crippen molar-refractivity contribution >= 4 is 5.91 Å². The number of para-hydroxylation sites is 1. The number of aromatic nitrogens is 1. The predicted octanol–water partition coefficient (Wildman–Crippen LogP) is 3.15. The average Bonchev–Trinajstić information content (AvgIpc) is 3.24. The number of amides is 1. The van der Waals surface area contributed by atoms with Crippen LogP contribution in [0.1, 0.15) is 29.9 Å². The second-order valence-corrected chi connectivity index (χ2v) is 7.32. The van der Waals surface area contributed by atoms with Crippen molar-refractivity contribution in [2.45, 2.75) is 39.2 Å². The summed E-state index contributed by atoms with van der Waals surface area (Å²) >= 11 is 0. The number of carbonyl (C=O) groups is 1. The number of hydrogen-bond donors (Lipinski definition) is 0. The molecule has 0 N–H and O–H groups in total. The number of carbonyl (C=O) groups excluding carboxylic acids is 1. The Labute approximate surface area is 147 Å². The SMILES string of the molecule is Cc1noc(C)c1CC(=O)N1C[C@H]2CC(Oc3ccccc3)C[C@H]2C1. The highest BCUT2D eigenvalue weighted by atomic mass is 16.5. The van der Waals surface area contributed by atoms with Crippen LogP contribution < -0.4 is 4.74 Å². The summed E-state index contributed by atoms with van der Waals surface area (Å²) in [6, 6.07) is 10.0. The minimum Gasteiger partial charge on any atom is -0.490 e. The fourth-order valence-corrected chi connectivity index (χ4v) is 4.25. The third-order valence-corrected chi connectivity index (χ3v) is 5.62. The van der Waals surface area contributed by atoms with Crippen LogP contribution in [0.25, 0.3) is 0 Å². The molecule has 5 nitrogen and oxygen atoms in total. The van der Waals surface area contributed by atoms with E-state index < -0.39 is 0 Å². The Morgan fingerprint density at radius 1 is 1.20 bits per heavy atom. The smallest absolute Gasteiger partial charge is 0.227 e. The molecule has 2 fully saturated rings. The van der Waals surface area contributed by atoms with Gasteiger partial charge in [-0.3, -0.25) is 4.79 Å². The second kappa shape index (κ2) is 6.54. The number of fused-ring (bicyclic) bond motifs is 1. The van der Waals surface area contributed by atoms with Gasteiger partial charge in [0, 0.05) is 18.7 Å². The van der Waals surface area contributed by atoms with Gasteiger partial charge in [0.25, 0.3) is 0 Å². The van der Waals surface area contributed by atoms with Crippen molar-refractivity contribution in [2.75, 3.05) is 13.1 Å². The van der Waals surface area contributed by atoms with Gasteiger partial charge in [-0.2, -0.15) is 0 Å². The molecule has 3 atom stereocenters. The quantitative estimate of drug-likeness (QED) is 0.858. The number of hydrogen-bond acceptors (Lipinski definition) is 4. The molecule has 0 spiro atoms. The van der Waals surface area contributed by atoms with Crippen LogP contribution in [-0.2, 0) is 11.2 Å². The molecule has 0 bridgehead atoms. The van der Waals surface area contributed by atoms with Crippen LogP contribution in [0.15, 0.2) is 34.9 Å². The zero-order chi connectivity index (χ0) is 17.4. The molecular weight excluding hydrogens is 316 g/mol. The van der Waals surface area contributed by atoms with Gasteiger partial charge in [0.2, 0.25) is 5.91 Å².